The number of carboxylic acids is 1. The molecule has 32 heavy (non-hydrogen) atoms. The lowest BCUT2D eigenvalue weighted by molar-refractivity contribution is -0.141. The number of hydrogen-bond donors (Lipinski definition) is 2. The number of fused-ring (bicyclic) bond motifs is 3. The minimum absolute atomic E-state index is 0.0206. The van der Waals surface area contributed by atoms with Crippen molar-refractivity contribution in [1.29, 1.82) is 0 Å². The number of rotatable bonds is 10. The SMILES string of the molecule is COC(CNC(=O)OCC1c2ccccc2-c2ccccc21)C(=O)N(C)CCCC(=O)O. The number of carbonyl (C=O) groups is 3. The molecule has 0 heterocycles. The summed E-state index contributed by atoms with van der Waals surface area (Å²) in [6.45, 7) is 0.422. The van der Waals surface area contributed by atoms with Gasteiger partial charge in [-0.05, 0) is 28.7 Å². The van der Waals surface area contributed by atoms with Crippen LogP contribution in [0.1, 0.15) is 29.9 Å². The monoisotopic (exact) mass is 440 g/mol. The van der Waals surface area contributed by atoms with Crippen LogP contribution in [0.5, 0.6) is 0 Å². The Balaban J connectivity index is 1.51. The maximum atomic E-state index is 12.5. The number of amides is 2. The molecule has 1 aliphatic carbocycles. The topological polar surface area (TPSA) is 105 Å². The Labute approximate surface area is 187 Å². The van der Waals surface area contributed by atoms with Gasteiger partial charge >= 0.3 is 12.1 Å². The first kappa shape index (κ1) is 23.3. The van der Waals surface area contributed by atoms with Crippen LogP contribution in [0.15, 0.2) is 48.5 Å². The van der Waals surface area contributed by atoms with Crippen molar-refractivity contribution in [2.45, 2.75) is 24.9 Å². The van der Waals surface area contributed by atoms with E-state index in [-0.39, 0.29) is 37.9 Å². The molecule has 0 fully saturated rings. The number of nitrogens with one attached hydrogen (secondary N) is 1. The Morgan fingerprint density at radius 3 is 2.22 bits per heavy atom. The van der Waals surface area contributed by atoms with Gasteiger partial charge in [-0.25, -0.2) is 4.79 Å². The van der Waals surface area contributed by atoms with Crippen LogP contribution in [0, 0.1) is 0 Å². The van der Waals surface area contributed by atoms with E-state index in [1.54, 1.807) is 7.05 Å². The number of methoxy groups -OCH3 is 1. The molecule has 1 unspecified atom stereocenters. The number of hydrogen-bond acceptors (Lipinski definition) is 5. The van der Waals surface area contributed by atoms with Crippen LogP contribution in [0.25, 0.3) is 11.1 Å². The fraction of sp³-hybridized carbons (Fsp3) is 0.375. The second-order valence-corrected chi connectivity index (χ2v) is 7.69. The molecule has 0 saturated carbocycles. The quantitative estimate of drug-likeness (QED) is 0.589. The second-order valence-electron chi connectivity index (χ2n) is 7.69. The Hall–Kier alpha value is -3.39. The molecule has 0 bridgehead atoms. The van der Waals surface area contributed by atoms with E-state index in [0.717, 1.165) is 22.3 Å². The Kier molecular flexibility index (Phi) is 7.83. The van der Waals surface area contributed by atoms with Gasteiger partial charge in [-0.3, -0.25) is 9.59 Å². The summed E-state index contributed by atoms with van der Waals surface area (Å²) in [6.07, 6.45) is -1.19. The molecule has 2 amide bonds. The van der Waals surface area contributed by atoms with Gasteiger partial charge in [0.2, 0.25) is 0 Å². The van der Waals surface area contributed by atoms with E-state index in [4.69, 9.17) is 14.6 Å². The van der Waals surface area contributed by atoms with E-state index in [0.29, 0.717) is 6.42 Å². The van der Waals surface area contributed by atoms with Gasteiger partial charge in [0, 0.05) is 33.0 Å². The van der Waals surface area contributed by atoms with E-state index in [2.05, 4.69) is 17.4 Å². The van der Waals surface area contributed by atoms with Crippen LogP contribution in [0.3, 0.4) is 0 Å². The third-order valence-electron chi connectivity index (χ3n) is 5.60. The Morgan fingerprint density at radius 2 is 1.66 bits per heavy atom. The summed E-state index contributed by atoms with van der Waals surface area (Å²) >= 11 is 0. The average molecular weight is 440 g/mol. The number of carboxylic acid groups (broad SMARTS) is 1. The second kappa shape index (κ2) is 10.8. The van der Waals surface area contributed by atoms with Crippen molar-refractivity contribution >= 4 is 18.0 Å². The van der Waals surface area contributed by atoms with Gasteiger partial charge < -0.3 is 24.8 Å². The summed E-state index contributed by atoms with van der Waals surface area (Å²) in [7, 11) is 2.95. The molecule has 170 valence electrons. The molecule has 2 N–H and O–H groups in total. The first-order valence-electron chi connectivity index (χ1n) is 10.5. The molecule has 2 aromatic rings. The van der Waals surface area contributed by atoms with Gasteiger partial charge in [-0.15, -0.1) is 0 Å². The summed E-state index contributed by atoms with van der Waals surface area (Å²) in [4.78, 5) is 36.8. The lowest BCUT2D eigenvalue weighted by Crippen LogP contribution is -2.45. The highest BCUT2D eigenvalue weighted by Crippen LogP contribution is 2.44. The molecule has 0 radical (unpaired) electrons. The average Bonchev–Trinajstić information content (AvgIpc) is 3.11. The molecule has 3 rings (SSSR count). The fourth-order valence-corrected chi connectivity index (χ4v) is 3.92. The predicted octanol–water partition coefficient (Wildman–Crippen LogP) is 2.86. The third-order valence-corrected chi connectivity index (χ3v) is 5.60. The standard InChI is InChI=1S/C24H28N2O6/c1-26(13-7-12-22(27)28)23(29)21(31-2)14-25-24(30)32-15-20-18-10-5-3-8-16(18)17-9-4-6-11-19(17)20/h3-6,8-11,20-21H,7,12-15H2,1-2H3,(H,25,30)(H,27,28). The maximum absolute atomic E-state index is 12.5. The highest BCUT2D eigenvalue weighted by molar-refractivity contribution is 5.82. The first-order valence-corrected chi connectivity index (χ1v) is 10.5. The van der Waals surface area contributed by atoms with Crippen LogP contribution in [0.4, 0.5) is 4.79 Å². The largest absolute Gasteiger partial charge is 0.481 e. The normalized spacial score (nSPS) is 13.1. The minimum atomic E-state index is -0.911. The van der Waals surface area contributed by atoms with E-state index in [1.807, 2.05) is 36.4 Å². The lowest BCUT2D eigenvalue weighted by atomic mass is 9.98. The molecule has 0 spiro atoms. The first-order chi connectivity index (χ1) is 15.4. The van der Waals surface area contributed by atoms with Gasteiger partial charge in [0.1, 0.15) is 6.61 Å². The summed E-state index contributed by atoms with van der Waals surface area (Å²) in [5, 5.41) is 11.3. The van der Waals surface area contributed by atoms with Crippen molar-refractivity contribution in [2.24, 2.45) is 0 Å². The zero-order valence-corrected chi connectivity index (χ0v) is 18.2. The number of ether oxygens (including phenoxy) is 2. The zero-order chi connectivity index (χ0) is 23.1. The predicted molar refractivity (Wildman–Crippen MR) is 118 cm³/mol. The molecule has 0 saturated heterocycles. The number of alkyl carbamates (subject to hydrolysis) is 1. The van der Waals surface area contributed by atoms with Crippen LogP contribution < -0.4 is 5.32 Å². The fourth-order valence-electron chi connectivity index (χ4n) is 3.92. The summed E-state index contributed by atoms with van der Waals surface area (Å²) in [6, 6.07) is 16.1. The summed E-state index contributed by atoms with van der Waals surface area (Å²) < 4.78 is 10.7. The van der Waals surface area contributed by atoms with E-state index >= 15 is 0 Å². The molecule has 0 aromatic heterocycles. The molecule has 0 aliphatic heterocycles. The molecular weight excluding hydrogens is 412 g/mol. The van der Waals surface area contributed by atoms with Gasteiger partial charge in [0.05, 0.1) is 6.54 Å². The summed E-state index contributed by atoms with van der Waals surface area (Å²) in [5.74, 6) is -1.30. The molecule has 8 heteroatoms. The highest BCUT2D eigenvalue weighted by atomic mass is 16.5. The minimum Gasteiger partial charge on any atom is -0.481 e. The van der Waals surface area contributed by atoms with Gasteiger partial charge in [0.25, 0.3) is 5.91 Å². The Morgan fingerprint density at radius 1 is 1.06 bits per heavy atom. The zero-order valence-electron chi connectivity index (χ0n) is 18.2. The number of nitrogens with zero attached hydrogens (tertiary/aromatic N) is 1. The van der Waals surface area contributed by atoms with E-state index in [1.165, 1.54) is 12.0 Å². The third kappa shape index (κ3) is 5.45. The van der Waals surface area contributed by atoms with Crippen LogP contribution in [-0.2, 0) is 19.1 Å². The molecule has 1 aliphatic rings. The van der Waals surface area contributed by atoms with Gasteiger partial charge in [0.15, 0.2) is 6.10 Å². The van der Waals surface area contributed by atoms with Crippen LogP contribution in [-0.4, -0.2) is 67.9 Å². The molecule has 2 aromatic carbocycles. The van der Waals surface area contributed by atoms with E-state index in [9.17, 15) is 14.4 Å². The smallest absolute Gasteiger partial charge is 0.407 e. The Bertz CT molecular complexity index is 931. The molecule has 1 atom stereocenters. The van der Waals surface area contributed by atoms with Crippen molar-refractivity contribution in [3.63, 3.8) is 0 Å². The van der Waals surface area contributed by atoms with Crippen molar-refractivity contribution in [1.82, 2.24) is 10.2 Å². The molecule has 8 nitrogen and oxygen atoms in total. The maximum Gasteiger partial charge on any atom is 0.407 e. The van der Waals surface area contributed by atoms with Crippen LogP contribution in [0.2, 0.25) is 0 Å². The van der Waals surface area contributed by atoms with Gasteiger partial charge in [-0.2, -0.15) is 0 Å². The van der Waals surface area contributed by atoms with Crippen molar-refractivity contribution in [3.05, 3.63) is 59.7 Å². The van der Waals surface area contributed by atoms with Crippen LogP contribution >= 0.6 is 0 Å². The van der Waals surface area contributed by atoms with Crippen molar-refractivity contribution in [2.75, 3.05) is 33.9 Å². The number of carbonyl (C=O) groups excluding carboxylic acids is 2. The van der Waals surface area contributed by atoms with Gasteiger partial charge in [-0.1, -0.05) is 48.5 Å². The lowest BCUT2D eigenvalue weighted by Gasteiger charge is -2.23. The number of benzene rings is 2. The highest BCUT2D eigenvalue weighted by Gasteiger charge is 2.29. The number of likely N-dealkylation sites (N-methyl/N-ethyl adjacent to an activating group) is 1. The van der Waals surface area contributed by atoms with E-state index < -0.39 is 18.2 Å². The number of aliphatic carboxylic acids is 1. The summed E-state index contributed by atoms with van der Waals surface area (Å²) in [5.41, 5.74) is 4.53. The van der Waals surface area contributed by atoms with Crippen molar-refractivity contribution in [3.8, 4) is 11.1 Å². The van der Waals surface area contributed by atoms with Crippen molar-refractivity contribution < 1.29 is 29.0 Å². The molecular formula is C24H28N2O6.